The molecule has 0 bridgehead atoms. The van der Waals surface area contributed by atoms with Crippen molar-refractivity contribution in [3.05, 3.63) is 77.3 Å². The summed E-state index contributed by atoms with van der Waals surface area (Å²) in [5.41, 5.74) is 8.12. The van der Waals surface area contributed by atoms with Crippen molar-refractivity contribution in [2.75, 3.05) is 13.1 Å². The number of piperidine rings is 1. The van der Waals surface area contributed by atoms with E-state index in [2.05, 4.69) is 19.9 Å². The highest BCUT2D eigenvalue weighted by Gasteiger charge is 2.59. The molecule has 1 saturated heterocycles. The van der Waals surface area contributed by atoms with Gasteiger partial charge in [-0.05, 0) is 55.8 Å². The van der Waals surface area contributed by atoms with Gasteiger partial charge in [0, 0.05) is 54.5 Å². The van der Waals surface area contributed by atoms with Crippen LogP contribution in [0.25, 0.3) is 22.1 Å². The molecule has 4 heterocycles. The average molecular weight is 517 g/mol. The summed E-state index contributed by atoms with van der Waals surface area (Å²) in [6, 6.07) is 11.7. The van der Waals surface area contributed by atoms with Crippen LogP contribution in [0.3, 0.4) is 0 Å². The third-order valence-electron chi connectivity index (χ3n) is 6.82. The molecular weight excluding hydrogens is 491 g/mol. The van der Waals surface area contributed by atoms with E-state index in [0.717, 1.165) is 11.1 Å². The number of thiazole rings is 1. The van der Waals surface area contributed by atoms with Crippen LogP contribution in [-0.4, -0.2) is 49.9 Å². The first-order chi connectivity index (χ1) is 17.8. The topological polar surface area (TPSA) is 107 Å². The molecule has 37 heavy (non-hydrogen) atoms. The Morgan fingerprint density at radius 3 is 2.49 bits per heavy atom. The van der Waals surface area contributed by atoms with Gasteiger partial charge in [-0.1, -0.05) is 0 Å². The van der Waals surface area contributed by atoms with Crippen LogP contribution in [0, 0.1) is 17.7 Å². The zero-order chi connectivity index (χ0) is 25.7. The molecule has 3 aromatic heterocycles. The van der Waals surface area contributed by atoms with Gasteiger partial charge in [0.05, 0.1) is 11.9 Å². The van der Waals surface area contributed by atoms with E-state index in [1.807, 2.05) is 30.9 Å². The quantitative estimate of drug-likeness (QED) is 0.410. The second-order valence-corrected chi connectivity index (χ2v) is 11.1. The lowest BCUT2D eigenvalue weighted by Crippen LogP contribution is -2.33. The lowest BCUT2D eigenvalue weighted by Gasteiger charge is -2.22. The van der Waals surface area contributed by atoms with Crippen molar-refractivity contribution in [3.63, 3.8) is 0 Å². The summed E-state index contributed by atoms with van der Waals surface area (Å²) in [5, 5.41) is 0.625. The van der Waals surface area contributed by atoms with Crippen molar-refractivity contribution in [1.29, 1.82) is 0 Å². The number of aromatic nitrogens is 4. The summed E-state index contributed by atoms with van der Waals surface area (Å²) < 4.78 is 19.7. The number of hydrogen-bond acceptors (Lipinski definition) is 8. The number of carbonyl (C=O) groups excluding carboxylic acids is 1. The maximum absolute atomic E-state index is 13.4. The zero-order valence-electron chi connectivity index (χ0n) is 20.3. The highest BCUT2D eigenvalue weighted by molar-refractivity contribution is 7.16. The normalized spacial score (nSPS) is 20.5. The summed E-state index contributed by atoms with van der Waals surface area (Å²) in [6.45, 7) is 5.08. The standard InChI is InChI=1S/C27H25FN6O2S/c1-27(2,29)16-10-20(15-4-6-17(28)7-5-15)33-22(11-16)36-23-18-13-34(14-19(18)23)26(35)21-12-32-25(37-21)24-30-8-3-9-31-24/h3-12,18-19,23H,13-14,29H2,1-2H3/t18-,19+,23+. The molecule has 2 aliphatic rings. The number of pyridine rings is 1. The van der Waals surface area contributed by atoms with E-state index in [0.29, 0.717) is 40.4 Å². The van der Waals surface area contributed by atoms with Crippen molar-refractivity contribution < 1.29 is 13.9 Å². The van der Waals surface area contributed by atoms with E-state index in [1.54, 1.807) is 36.8 Å². The minimum Gasteiger partial charge on any atom is -0.474 e. The van der Waals surface area contributed by atoms with Crippen molar-refractivity contribution in [2.24, 2.45) is 17.6 Å². The van der Waals surface area contributed by atoms with Gasteiger partial charge in [-0.25, -0.2) is 24.3 Å². The Balaban J connectivity index is 1.14. The highest BCUT2D eigenvalue weighted by atomic mass is 32.1. The Morgan fingerprint density at radius 2 is 1.81 bits per heavy atom. The van der Waals surface area contributed by atoms with Crippen LogP contribution < -0.4 is 10.5 Å². The number of hydrogen-bond donors (Lipinski definition) is 1. The number of amides is 1. The summed E-state index contributed by atoms with van der Waals surface area (Å²) >= 11 is 1.30. The summed E-state index contributed by atoms with van der Waals surface area (Å²) in [6.07, 6.45) is 4.89. The van der Waals surface area contributed by atoms with Gasteiger partial charge in [0.2, 0.25) is 5.88 Å². The Kier molecular flexibility index (Phi) is 5.73. The predicted molar refractivity (Wildman–Crippen MR) is 137 cm³/mol. The zero-order valence-corrected chi connectivity index (χ0v) is 21.2. The fraction of sp³-hybridized carbons (Fsp3) is 0.296. The first-order valence-electron chi connectivity index (χ1n) is 12.0. The number of likely N-dealkylation sites (tertiary alicyclic amines) is 1. The van der Waals surface area contributed by atoms with Crippen LogP contribution >= 0.6 is 11.3 Å². The van der Waals surface area contributed by atoms with Gasteiger partial charge in [-0.2, -0.15) is 0 Å². The van der Waals surface area contributed by atoms with E-state index in [4.69, 9.17) is 10.5 Å². The summed E-state index contributed by atoms with van der Waals surface area (Å²) in [5.74, 6) is 1.17. The maximum Gasteiger partial charge on any atom is 0.265 e. The molecule has 6 rings (SSSR count). The van der Waals surface area contributed by atoms with Crippen LogP contribution in [-0.2, 0) is 5.54 Å². The lowest BCUT2D eigenvalue weighted by molar-refractivity contribution is 0.0756. The maximum atomic E-state index is 13.4. The lowest BCUT2D eigenvalue weighted by atomic mass is 9.95. The number of benzene rings is 1. The molecule has 0 radical (unpaired) electrons. The Morgan fingerprint density at radius 1 is 1.11 bits per heavy atom. The molecule has 8 nitrogen and oxygen atoms in total. The number of ether oxygens (including phenoxy) is 1. The summed E-state index contributed by atoms with van der Waals surface area (Å²) in [4.78, 5) is 32.9. The molecule has 1 aliphatic heterocycles. The molecule has 1 amide bonds. The second kappa shape index (κ2) is 8.97. The predicted octanol–water partition coefficient (Wildman–Crippen LogP) is 4.14. The highest BCUT2D eigenvalue weighted by Crippen LogP contribution is 2.48. The number of nitrogens with zero attached hydrogens (tertiary/aromatic N) is 5. The minimum atomic E-state index is -0.600. The van der Waals surface area contributed by atoms with E-state index < -0.39 is 5.54 Å². The number of halogens is 1. The molecule has 2 fully saturated rings. The Bertz CT molecular complexity index is 1440. The SMILES string of the molecule is CC(C)(N)c1cc(O[C@H]2[C@@H]3CN(C(=O)c4cnc(-c5ncccn5)s4)C[C@@H]32)nc(-c2ccc(F)cc2)c1. The molecule has 4 aromatic rings. The monoisotopic (exact) mass is 516 g/mol. The summed E-state index contributed by atoms with van der Waals surface area (Å²) in [7, 11) is 0. The minimum absolute atomic E-state index is 0.0107. The van der Waals surface area contributed by atoms with Gasteiger partial charge in [-0.3, -0.25) is 4.79 Å². The van der Waals surface area contributed by atoms with E-state index in [9.17, 15) is 9.18 Å². The van der Waals surface area contributed by atoms with Gasteiger partial charge >= 0.3 is 0 Å². The van der Waals surface area contributed by atoms with Crippen LogP contribution in [0.1, 0.15) is 29.1 Å². The largest absolute Gasteiger partial charge is 0.474 e. The van der Waals surface area contributed by atoms with Crippen LogP contribution in [0.5, 0.6) is 5.88 Å². The van der Waals surface area contributed by atoms with Crippen molar-refractivity contribution in [2.45, 2.75) is 25.5 Å². The van der Waals surface area contributed by atoms with Gasteiger partial charge < -0.3 is 15.4 Å². The molecule has 1 aliphatic carbocycles. The average Bonchev–Trinajstić information content (AvgIpc) is 3.27. The number of carbonyl (C=O) groups is 1. The third kappa shape index (κ3) is 4.70. The molecule has 2 N–H and O–H groups in total. The molecular formula is C27H25FN6O2S. The van der Waals surface area contributed by atoms with Gasteiger partial charge in [0.15, 0.2) is 10.8 Å². The van der Waals surface area contributed by atoms with E-state index >= 15 is 0 Å². The smallest absolute Gasteiger partial charge is 0.265 e. The third-order valence-corrected chi connectivity index (χ3v) is 7.80. The second-order valence-electron chi connectivity index (χ2n) is 10.0. The van der Waals surface area contributed by atoms with Gasteiger partial charge in [-0.15, -0.1) is 11.3 Å². The molecule has 0 spiro atoms. The Hall–Kier alpha value is -3.76. The fourth-order valence-electron chi connectivity index (χ4n) is 4.70. The molecule has 188 valence electrons. The fourth-order valence-corrected chi connectivity index (χ4v) is 5.53. The van der Waals surface area contributed by atoms with E-state index in [-0.39, 0.29) is 29.7 Å². The van der Waals surface area contributed by atoms with Gasteiger partial charge in [0.25, 0.3) is 5.91 Å². The number of nitrogens with two attached hydrogens (primary N) is 1. The van der Waals surface area contributed by atoms with Crippen LogP contribution in [0.4, 0.5) is 4.39 Å². The first-order valence-corrected chi connectivity index (χ1v) is 12.8. The van der Waals surface area contributed by atoms with Crippen LogP contribution in [0.15, 0.2) is 61.1 Å². The Labute approximate surface area is 217 Å². The number of fused-ring (bicyclic) bond motifs is 1. The van der Waals surface area contributed by atoms with Crippen molar-refractivity contribution >= 4 is 17.2 Å². The molecule has 3 atom stereocenters. The van der Waals surface area contributed by atoms with E-state index in [1.165, 1.54) is 23.5 Å². The number of rotatable bonds is 6. The molecule has 1 saturated carbocycles. The first kappa shape index (κ1) is 23.6. The van der Waals surface area contributed by atoms with Crippen LogP contribution in [0.2, 0.25) is 0 Å². The van der Waals surface area contributed by atoms with Crippen molar-refractivity contribution in [1.82, 2.24) is 24.8 Å². The molecule has 1 aromatic carbocycles. The van der Waals surface area contributed by atoms with Gasteiger partial charge in [0.1, 0.15) is 16.8 Å². The molecule has 0 unspecified atom stereocenters. The molecule has 10 heteroatoms. The van der Waals surface area contributed by atoms with Crippen molar-refractivity contribution in [3.8, 4) is 28.0 Å².